The Morgan fingerprint density at radius 3 is 2.86 bits per heavy atom. The van der Waals surface area contributed by atoms with Gasteiger partial charge in [0.2, 0.25) is 5.91 Å². The summed E-state index contributed by atoms with van der Waals surface area (Å²) >= 11 is 4.68. The van der Waals surface area contributed by atoms with Gasteiger partial charge < -0.3 is 9.88 Å². The lowest BCUT2D eigenvalue weighted by atomic mass is 9.97. The van der Waals surface area contributed by atoms with Gasteiger partial charge in [-0.15, -0.1) is 32.9 Å². The van der Waals surface area contributed by atoms with Crippen molar-refractivity contribution < 1.29 is 4.79 Å². The van der Waals surface area contributed by atoms with Gasteiger partial charge in [0.1, 0.15) is 11.1 Å². The van der Waals surface area contributed by atoms with Gasteiger partial charge in [0.25, 0.3) is 0 Å². The van der Waals surface area contributed by atoms with Gasteiger partial charge in [-0.05, 0) is 43.7 Å². The Bertz CT molecular complexity index is 1390. The summed E-state index contributed by atoms with van der Waals surface area (Å²) < 4.78 is 3.34. The number of hydrogen-bond acceptors (Lipinski definition) is 7. The molecule has 0 spiro atoms. The van der Waals surface area contributed by atoms with Crippen molar-refractivity contribution in [1.29, 1.82) is 5.26 Å². The van der Waals surface area contributed by atoms with E-state index in [2.05, 4.69) is 50.6 Å². The van der Waals surface area contributed by atoms with Crippen LogP contribution in [0.2, 0.25) is 0 Å². The average Bonchev–Trinajstić information content (AvgIpc) is 3.53. The van der Waals surface area contributed by atoms with Gasteiger partial charge in [-0.1, -0.05) is 49.7 Å². The zero-order valence-corrected chi connectivity index (χ0v) is 22.1. The van der Waals surface area contributed by atoms with Crippen molar-refractivity contribution >= 4 is 55.4 Å². The second-order valence-electron chi connectivity index (χ2n) is 8.67. The molecule has 3 aromatic heterocycles. The number of fused-ring (bicyclic) bond motifs is 2. The molecule has 1 aromatic carbocycles. The molecule has 0 aliphatic heterocycles. The SMILES string of the molecule is CCCn1c(SCC(=O)Nc2sc3c(c2C#N)CCCCCC3)nnc1-c1csc2ccccc12. The van der Waals surface area contributed by atoms with Crippen molar-refractivity contribution in [3.63, 3.8) is 0 Å². The number of aromatic nitrogens is 3. The predicted molar refractivity (Wildman–Crippen MR) is 145 cm³/mol. The molecule has 0 fully saturated rings. The third-order valence-electron chi connectivity index (χ3n) is 6.25. The monoisotopic (exact) mass is 521 g/mol. The van der Waals surface area contributed by atoms with Crippen LogP contribution in [0.5, 0.6) is 0 Å². The molecule has 35 heavy (non-hydrogen) atoms. The molecule has 1 amide bonds. The third-order valence-corrected chi connectivity index (χ3v) is 9.39. The highest BCUT2D eigenvalue weighted by atomic mass is 32.2. The Hall–Kier alpha value is -2.67. The molecule has 0 saturated carbocycles. The number of anilines is 1. The second-order valence-corrected chi connectivity index (χ2v) is 11.6. The van der Waals surface area contributed by atoms with Crippen LogP contribution >= 0.6 is 34.4 Å². The van der Waals surface area contributed by atoms with Gasteiger partial charge in [0.15, 0.2) is 11.0 Å². The standard InChI is InChI=1S/C26H27N5OS3/c1-2-13-31-24(20-15-33-21-11-8-7-10-18(20)21)29-30-26(31)34-16-23(32)28-25-19(14-27)17-9-5-3-4-6-12-22(17)35-25/h7-8,10-11,15H,2-6,9,12-13,16H2,1H3,(H,28,32). The molecule has 180 valence electrons. The first-order valence-corrected chi connectivity index (χ1v) is 14.7. The first-order chi connectivity index (χ1) is 17.2. The number of thiophene rings is 2. The minimum atomic E-state index is -0.116. The molecule has 0 atom stereocenters. The zero-order valence-electron chi connectivity index (χ0n) is 19.7. The molecule has 9 heteroatoms. The van der Waals surface area contributed by atoms with Crippen molar-refractivity contribution in [2.75, 3.05) is 11.1 Å². The molecule has 1 N–H and O–H groups in total. The van der Waals surface area contributed by atoms with Crippen LogP contribution < -0.4 is 5.32 Å². The van der Waals surface area contributed by atoms with Crippen LogP contribution in [0.25, 0.3) is 21.5 Å². The fourth-order valence-electron chi connectivity index (χ4n) is 4.59. The van der Waals surface area contributed by atoms with E-state index in [4.69, 9.17) is 0 Å². The van der Waals surface area contributed by atoms with E-state index in [1.54, 1.807) is 22.7 Å². The minimum absolute atomic E-state index is 0.116. The fourth-order valence-corrected chi connectivity index (χ4v) is 7.55. The van der Waals surface area contributed by atoms with E-state index in [0.717, 1.165) is 60.8 Å². The maximum Gasteiger partial charge on any atom is 0.235 e. The van der Waals surface area contributed by atoms with E-state index in [9.17, 15) is 10.1 Å². The number of hydrogen-bond donors (Lipinski definition) is 1. The Labute approximate surface area is 217 Å². The van der Waals surface area contributed by atoms with Crippen molar-refractivity contribution in [2.24, 2.45) is 0 Å². The smallest absolute Gasteiger partial charge is 0.235 e. The van der Waals surface area contributed by atoms with Gasteiger partial charge in [0.05, 0.1) is 11.3 Å². The van der Waals surface area contributed by atoms with Crippen LogP contribution in [-0.2, 0) is 24.2 Å². The van der Waals surface area contributed by atoms with Crippen molar-refractivity contribution in [3.8, 4) is 17.5 Å². The Morgan fingerprint density at radius 1 is 1.20 bits per heavy atom. The van der Waals surface area contributed by atoms with Gasteiger partial charge in [0, 0.05) is 32.5 Å². The maximum absolute atomic E-state index is 12.9. The van der Waals surface area contributed by atoms with E-state index in [0.29, 0.717) is 10.6 Å². The largest absolute Gasteiger partial charge is 0.316 e. The fraction of sp³-hybridized carbons (Fsp3) is 0.385. The quantitative estimate of drug-likeness (QED) is 0.268. The Morgan fingerprint density at radius 2 is 2.03 bits per heavy atom. The number of carbonyl (C=O) groups is 1. The molecule has 3 heterocycles. The van der Waals surface area contributed by atoms with Crippen molar-refractivity contribution in [3.05, 3.63) is 45.6 Å². The summed E-state index contributed by atoms with van der Waals surface area (Å²) in [4.78, 5) is 14.2. The number of benzene rings is 1. The lowest BCUT2D eigenvalue weighted by molar-refractivity contribution is -0.113. The highest BCUT2D eigenvalue weighted by molar-refractivity contribution is 7.99. The molecular weight excluding hydrogens is 495 g/mol. The first kappa shape index (κ1) is 24.0. The molecule has 0 radical (unpaired) electrons. The lowest BCUT2D eigenvalue weighted by Gasteiger charge is -2.09. The minimum Gasteiger partial charge on any atom is -0.316 e. The van der Waals surface area contributed by atoms with Crippen LogP contribution in [0.15, 0.2) is 34.8 Å². The van der Waals surface area contributed by atoms with Crippen LogP contribution in [0, 0.1) is 11.3 Å². The van der Waals surface area contributed by atoms with Crippen LogP contribution in [0.4, 0.5) is 5.00 Å². The second kappa shape index (κ2) is 10.9. The predicted octanol–water partition coefficient (Wildman–Crippen LogP) is 6.89. The highest BCUT2D eigenvalue weighted by Crippen LogP contribution is 2.37. The molecular formula is C26H27N5OS3. The van der Waals surface area contributed by atoms with E-state index >= 15 is 0 Å². The molecule has 5 rings (SSSR count). The summed E-state index contributed by atoms with van der Waals surface area (Å²) in [6.45, 7) is 2.91. The number of nitrogens with zero attached hydrogens (tertiary/aromatic N) is 4. The van der Waals surface area contributed by atoms with E-state index in [1.807, 2.05) is 12.1 Å². The van der Waals surface area contributed by atoms with Gasteiger partial charge in [-0.25, -0.2) is 0 Å². The van der Waals surface area contributed by atoms with E-state index < -0.39 is 0 Å². The highest BCUT2D eigenvalue weighted by Gasteiger charge is 2.22. The summed E-state index contributed by atoms with van der Waals surface area (Å²) in [7, 11) is 0. The van der Waals surface area contributed by atoms with Gasteiger partial charge in [-0.2, -0.15) is 5.26 Å². The van der Waals surface area contributed by atoms with Crippen LogP contribution in [0.3, 0.4) is 0 Å². The molecule has 0 bridgehead atoms. The summed E-state index contributed by atoms with van der Waals surface area (Å²) in [5.41, 5.74) is 2.89. The van der Waals surface area contributed by atoms with Crippen LogP contribution in [-0.4, -0.2) is 26.4 Å². The normalized spacial score (nSPS) is 13.7. The van der Waals surface area contributed by atoms with Gasteiger partial charge in [-0.3, -0.25) is 4.79 Å². The molecule has 1 aliphatic carbocycles. The Kier molecular flexibility index (Phi) is 7.51. The topological polar surface area (TPSA) is 83.6 Å². The number of nitrogens with one attached hydrogen (secondary N) is 1. The molecule has 4 aromatic rings. The number of amides is 1. The summed E-state index contributed by atoms with van der Waals surface area (Å²) in [5.74, 6) is 0.950. The molecule has 6 nitrogen and oxygen atoms in total. The molecule has 1 aliphatic rings. The summed E-state index contributed by atoms with van der Waals surface area (Å²) in [5, 5.41) is 26.5. The third kappa shape index (κ3) is 5.01. The van der Waals surface area contributed by atoms with E-state index in [1.165, 1.54) is 39.6 Å². The van der Waals surface area contributed by atoms with Crippen molar-refractivity contribution in [2.45, 2.75) is 63.6 Å². The summed E-state index contributed by atoms with van der Waals surface area (Å²) in [6, 6.07) is 10.7. The zero-order chi connectivity index (χ0) is 24.2. The summed E-state index contributed by atoms with van der Waals surface area (Å²) in [6.07, 6.45) is 7.57. The molecule has 0 saturated heterocycles. The first-order valence-electron chi connectivity index (χ1n) is 12.1. The number of rotatable bonds is 7. The van der Waals surface area contributed by atoms with E-state index in [-0.39, 0.29) is 11.7 Å². The maximum atomic E-state index is 12.9. The van der Waals surface area contributed by atoms with Gasteiger partial charge >= 0.3 is 0 Å². The average molecular weight is 522 g/mol. The lowest BCUT2D eigenvalue weighted by Crippen LogP contribution is -2.14. The number of carbonyl (C=O) groups excluding carboxylic acids is 1. The van der Waals surface area contributed by atoms with Crippen molar-refractivity contribution in [1.82, 2.24) is 14.8 Å². The number of nitriles is 1. The number of aryl methyl sites for hydroxylation is 1. The number of thioether (sulfide) groups is 1. The Balaban J connectivity index is 1.33. The molecule has 0 unspecified atom stereocenters. The van der Waals surface area contributed by atoms with Crippen LogP contribution in [0.1, 0.15) is 55.0 Å².